The number of nitrogens with zero attached hydrogens (tertiary/aromatic N) is 9. The van der Waals surface area contributed by atoms with Gasteiger partial charge in [-0.1, -0.05) is 0 Å². The average molecular weight is 880 g/mol. The van der Waals surface area contributed by atoms with Crippen LogP contribution in [0.25, 0.3) is 26.0 Å². The molecule has 17 nitrogen and oxygen atoms in total. The molecule has 5 aromatic heterocycles. The molecule has 2 saturated carbocycles. The monoisotopic (exact) mass is 879 g/mol. The zero-order chi connectivity index (χ0) is 39.5. The number of carbonyl (C=O) groups excluding carboxylic acids is 3. The van der Waals surface area contributed by atoms with Crippen LogP contribution in [0.4, 0.5) is 11.4 Å². The Morgan fingerprint density at radius 2 is 1.55 bits per heavy atom. The Morgan fingerprint density at radius 1 is 0.828 bits per heavy atom. The molecule has 2 unspecified atom stereocenters. The topological polar surface area (TPSA) is 196 Å². The van der Waals surface area contributed by atoms with E-state index in [-0.39, 0.29) is 41.6 Å². The molecule has 3 amide bonds. The van der Waals surface area contributed by atoms with Crippen LogP contribution < -0.4 is 36.0 Å². The van der Waals surface area contributed by atoms with E-state index in [1.54, 1.807) is 65.3 Å². The van der Waals surface area contributed by atoms with Crippen LogP contribution in [0.5, 0.6) is 11.5 Å². The molecule has 2 atom stereocenters. The Morgan fingerprint density at radius 3 is 2.33 bits per heavy atom. The number of hydrogen-bond acceptors (Lipinski definition) is 11. The Bertz CT molecular complexity index is 2930. The zero-order valence-electron chi connectivity index (χ0n) is 31.5. The molecular formula is C40H36InN12O5. The fourth-order valence-electron chi connectivity index (χ4n) is 8.09. The molecule has 2 aliphatic carbocycles. The molecule has 289 valence electrons. The molecular weight excluding hydrogens is 843 g/mol. The molecule has 58 heavy (non-hydrogen) atoms. The molecule has 0 spiro atoms. The van der Waals surface area contributed by atoms with Crippen molar-refractivity contribution in [3.05, 3.63) is 101 Å². The summed E-state index contributed by atoms with van der Waals surface area (Å²) < 4.78 is 23.1. The van der Waals surface area contributed by atoms with Gasteiger partial charge in [0.2, 0.25) is 5.91 Å². The summed E-state index contributed by atoms with van der Waals surface area (Å²) in [4.78, 5) is 49.0. The summed E-state index contributed by atoms with van der Waals surface area (Å²) in [5.74, 6) is 0.226. The van der Waals surface area contributed by atoms with Crippen molar-refractivity contribution in [1.29, 1.82) is 0 Å². The number of methoxy groups -OCH3 is 2. The van der Waals surface area contributed by atoms with Crippen LogP contribution in [0.15, 0.2) is 76.7 Å². The number of aromatic nitrogens is 8. The van der Waals surface area contributed by atoms with Crippen LogP contribution in [-0.2, 0) is 4.79 Å². The molecule has 18 heteroatoms. The predicted octanol–water partition coefficient (Wildman–Crippen LogP) is 3.04. The van der Waals surface area contributed by atoms with Crippen molar-refractivity contribution in [3.63, 3.8) is 0 Å². The average Bonchev–Trinajstić information content (AvgIpc) is 3.57. The molecule has 2 aromatic carbocycles. The van der Waals surface area contributed by atoms with Gasteiger partial charge in [-0.25, -0.2) is 9.50 Å². The van der Waals surface area contributed by atoms with Crippen molar-refractivity contribution in [1.82, 2.24) is 44.3 Å². The van der Waals surface area contributed by atoms with Gasteiger partial charge in [0.05, 0.1) is 30.4 Å². The van der Waals surface area contributed by atoms with Crippen molar-refractivity contribution in [3.8, 4) is 11.5 Å². The van der Waals surface area contributed by atoms with Crippen LogP contribution in [0.2, 0.25) is 0 Å². The van der Waals surface area contributed by atoms with Gasteiger partial charge in [0.15, 0.2) is 5.65 Å². The maximum absolute atomic E-state index is 13.4. The van der Waals surface area contributed by atoms with Crippen molar-refractivity contribution < 1.29 is 23.9 Å². The minimum absolute atomic E-state index is 0.0504. The van der Waals surface area contributed by atoms with Crippen molar-refractivity contribution in [2.24, 2.45) is 8.90 Å². The van der Waals surface area contributed by atoms with E-state index in [1.165, 1.54) is 7.11 Å². The molecule has 10 rings (SSSR count). The molecule has 0 bridgehead atoms. The summed E-state index contributed by atoms with van der Waals surface area (Å²) in [6.45, 7) is 0. The van der Waals surface area contributed by atoms with Gasteiger partial charge >= 0.3 is 148 Å². The first-order valence-electron chi connectivity index (χ1n) is 19.0. The molecule has 2 fully saturated rings. The minimum atomic E-state index is -1.11. The third kappa shape index (κ3) is 6.59. The third-order valence-electron chi connectivity index (χ3n) is 11.3. The summed E-state index contributed by atoms with van der Waals surface area (Å²) >= 11 is -1.11. The summed E-state index contributed by atoms with van der Waals surface area (Å²) in [6, 6.07) is 9.24. The standard InChI is InChI=1S/C40H36N12O5.In/c1-21-11-28(34(56-2)14-30(21)41)39(54)48-33-18-45-52-20-23(16-43-37(33)52)26-13-27(26)38(53)46-24-5-7-25(8-6-24)51-19-22-12-29(35(57-3)15-31(22)49-51)40(55)47-32-17-44-50-10-4-9-42-36(32)50;/h1,4,9-12,14-20,24-27H,5-8,13H2,2-3H3,(H,46,53)(H,47,55)(H,48,54);/q-1;+1. The second-order valence-corrected chi connectivity index (χ2v) is 17.3. The first-order chi connectivity index (χ1) is 28.3. The Balaban J connectivity index is 0.748. The molecule has 1 radical (unpaired) electrons. The van der Waals surface area contributed by atoms with Gasteiger partial charge in [0.1, 0.15) is 11.4 Å². The fraction of sp³-hybridized carbons (Fsp3) is 0.275. The molecule has 3 aliphatic rings. The van der Waals surface area contributed by atoms with E-state index in [9.17, 15) is 14.4 Å². The second-order valence-electron chi connectivity index (χ2n) is 14.8. The number of amides is 3. The van der Waals surface area contributed by atoms with E-state index in [1.807, 2.05) is 29.2 Å². The van der Waals surface area contributed by atoms with E-state index in [0.717, 1.165) is 59.1 Å². The zero-order valence-corrected chi connectivity index (χ0v) is 34.8. The quantitative estimate of drug-likeness (QED) is 0.184. The van der Waals surface area contributed by atoms with Gasteiger partial charge in [0, 0.05) is 42.0 Å². The number of nitrogens with one attached hydrogen (secondary N) is 3. The van der Waals surface area contributed by atoms with Crippen molar-refractivity contribution in [2.75, 3.05) is 24.9 Å². The number of rotatable bonds is 10. The Kier molecular flexibility index (Phi) is 9.06. The maximum atomic E-state index is 13.4. The number of anilines is 2. The summed E-state index contributed by atoms with van der Waals surface area (Å²) in [5.41, 5.74) is 4.52. The number of carbonyl (C=O) groups is 3. The van der Waals surface area contributed by atoms with Crippen LogP contribution in [0.1, 0.15) is 70.3 Å². The van der Waals surface area contributed by atoms with Crippen molar-refractivity contribution >= 4 is 78.3 Å². The number of ether oxygens (including phenoxy) is 2. The van der Waals surface area contributed by atoms with Gasteiger partial charge in [-0.2, -0.15) is 10.2 Å². The van der Waals surface area contributed by atoms with Crippen LogP contribution in [0.3, 0.4) is 0 Å². The van der Waals surface area contributed by atoms with E-state index in [0.29, 0.717) is 45.3 Å². The van der Waals surface area contributed by atoms with E-state index in [2.05, 4.69) is 42.9 Å². The molecule has 0 saturated heterocycles. The summed E-state index contributed by atoms with van der Waals surface area (Å²) in [5, 5.41) is 25.4. The third-order valence-corrected chi connectivity index (χ3v) is 13.9. The Labute approximate surface area is 341 Å². The molecule has 1 aliphatic heterocycles. The van der Waals surface area contributed by atoms with Gasteiger partial charge in [-0.05, 0) is 44.2 Å². The van der Waals surface area contributed by atoms with Gasteiger partial charge in [-0.3, -0.25) is 14.3 Å². The predicted molar refractivity (Wildman–Crippen MR) is 212 cm³/mol. The van der Waals surface area contributed by atoms with Gasteiger partial charge < -0.3 is 15.4 Å². The number of fused-ring (bicyclic) bond motifs is 4. The first kappa shape index (κ1) is 36.1. The van der Waals surface area contributed by atoms with E-state index >= 15 is 0 Å². The fourth-order valence-corrected chi connectivity index (χ4v) is 10.6. The molecule has 7 aromatic rings. The Hall–Kier alpha value is -6.30. The summed E-state index contributed by atoms with van der Waals surface area (Å²) in [7, 11) is 3.08. The SMILES string of the molecule is COc1cc2c(cc1C(=O)Nc1cnn3cc(C4CC4C(=O)NC4CCC(n5cc6cc(C(=O)Nc7cnn8cccnc78)c(OC)cc6n5)CC4)cnc13)=[CH][In][N]=2. The van der Waals surface area contributed by atoms with E-state index in [4.69, 9.17) is 14.6 Å². The number of hydrogen-bond donors (Lipinski definition) is 3. The molecule has 6 heterocycles. The van der Waals surface area contributed by atoms with Crippen LogP contribution in [0, 0.1) is 5.92 Å². The van der Waals surface area contributed by atoms with Gasteiger partial charge in [0.25, 0.3) is 5.91 Å². The molecule has 3 N–H and O–H groups in total. The van der Waals surface area contributed by atoms with Crippen LogP contribution in [-0.4, -0.2) is 100 Å². The van der Waals surface area contributed by atoms with Gasteiger partial charge in [-0.15, -0.1) is 0 Å². The second kappa shape index (κ2) is 14.6. The van der Waals surface area contributed by atoms with E-state index < -0.39 is 23.2 Å². The normalized spacial score (nSPS) is 19.5. The summed E-state index contributed by atoms with van der Waals surface area (Å²) in [6.07, 6.45) is 16.3. The first-order valence-corrected chi connectivity index (χ1v) is 22.4. The number of benzene rings is 2. The van der Waals surface area contributed by atoms with Crippen LogP contribution >= 0.6 is 0 Å². The van der Waals surface area contributed by atoms with Crippen molar-refractivity contribution in [2.45, 2.75) is 50.1 Å².